The number of rotatable bonds is 3. The van der Waals surface area contributed by atoms with Crippen LogP contribution in [-0.2, 0) is 0 Å². The van der Waals surface area contributed by atoms with Crippen LogP contribution in [0.4, 0.5) is 0 Å². The van der Waals surface area contributed by atoms with Crippen LogP contribution >= 0.6 is 21.7 Å². The molecule has 0 spiro atoms. The molecule has 0 radical (unpaired) electrons. The minimum Gasteiger partial charge on any atom is -0.0640 e. The van der Waals surface area contributed by atoms with Crippen molar-refractivity contribution in [2.24, 2.45) is 5.92 Å². The lowest BCUT2D eigenvalue weighted by molar-refractivity contribution is 0.457. The Hall–Kier alpha value is 0.640. The summed E-state index contributed by atoms with van der Waals surface area (Å²) >= 11 is 0. The zero-order chi connectivity index (χ0) is 7.49. The van der Waals surface area contributed by atoms with Crippen molar-refractivity contribution in [1.29, 1.82) is 0 Å². The normalized spacial score (nSPS) is 18.0. The van der Waals surface area contributed by atoms with E-state index >= 15 is 0 Å². The van der Waals surface area contributed by atoms with E-state index in [0.717, 1.165) is 6.42 Å². The molecule has 1 unspecified atom stereocenters. The van der Waals surface area contributed by atoms with Gasteiger partial charge in [0.1, 0.15) is 0 Å². The van der Waals surface area contributed by atoms with Crippen molar-refractivity contribution in [2.75, 3.05) is 0 Å². The molecule has 0 fully saturated rings. The van der Waals surface area contributed by atoms with Crippen LogP contribution in [0.2, 0.25) is 0 Å². The van der Waals surface area contributed by atoms with E-state index in [4.69, 9.17) is 10.7 Å². The molecule has 0 amide bonds. The SMILES string of the molecule is CCC(C)(SCl)C(C)C. The van der Waals surface area contributed by atoms with E-state index < -0.39 is 0 Å². The summed E-state index contributed by atoms with van der Waals surface area (Å²) in [5.41, 5.74) is 0. The van der Waals surface area contributed by atoms with Gasteiger partial charge >= 0.3 is 0 Å². The second-order valence-corrected chi connectivity index (χ2v) is 4.45. The maximum absolute atomic E-state index is 5.72. The molecular formula is C7H15ClS. The molecule has 0 aliphatic heterocycles. The summed E-state index contributed by atoms with van der Waals surface area (Å²) in [5, 5.41) is 0. The highest BCUT2D eigenvalue weighted by molar-refractivity contribution is 8.22. The lowest BCUT2D eigenvalue weighted by Gasteiger charge is -2.28. The molecule has 0 heterocycles. The van der Waals surface area contributed by atoms with Crippen LogP contribution in [0.15, 0.2) is 0 Å². The van der Waals surface area contributed by atoms with E-state index in [-0.39, 0.29) is 4.75 Å². The number of hydrogen-bond acceptors (Lipinski definition) is 1. The Balaban J connectivity index is 3.92. The highest BCUT2D eigenvalue weighted by Gasteiger charge is 2.25. The van der Waals surface area contributed by atoms with Gasteiger partial charge in [0.05, 0.1) is 0 Å². The summed E-state index contributed by atoms with van der Waals surface area (Å²) in [6.45, 7) is 8.79. The zero-order valence-electron chi connectivity index (χ0n) is 6.57. The molecule has 0 aromatic rings. The van der Waals surface area contributed by atoms with Crippen molar-refractivity contribution in [3.8, 4) is 0 Å². The Morgan fingerprint density at radius 3 is 2.00 bits per heavy atom. The first kappa shape index (κ1) is 9.64. The lowest BCUT2D eigenvalue weighted by Crippen LogP contribution is -2.24. The predicted octanol–water partition coefficient (Wildman–Crippen LogP) is 3.70. The van der Waals surface area contributed by atoms with Crippen molar-refractivity contribution in [1.82, 2.24) is 0 Å². The van der Waals surface area contributed by atoms with E-state index in [0.29, 0.717) is 5.92 Å². The Kier molecular flexibility index (Phi) is 3.99. The molecule has 56 valence electrons. The van der Waals surface area contributed by atoms with Crippen LogP contribution in [-0.4, -0.2) is 4.75 Å². The van der Waals surface area contributed by atoms with E-state index in [1.807, 2.05) is 0 Å². The Morgan fingerprint density at radius 1 is 1.56 bits per heavy atom. The van der Waals surface area contributed by atoms with Crippen molar-refractivity contribution in [3.63, 3.8) is 0 Å². The van der Waals surface area contributed by atoms with Gasteiger partial charge in [0.25, 0.3) is 0 Å². The molecule has 0 N–H and O–H groups in total. The van der Waals surface area contributed by atoms with Crippen molar-refractivity contribution in [3.05, 3.63) is 0 Å². The summed E-state index contributed by atoms with van der Waals surface area (Å²) in [6.07, 6.45) is 1.14. The molecule has 0 aromatic carbocycles. The van der Waals surface area contributed by atoms with Crippen molar-refractivity contribution >= 4 is 21.7 Å². The summed E-state index contributed by atoms with van der Waals surface area (Å²) in [7, 11) is 7.17. The van der Waals surface area contributed by atoms with E-state index in [9.17, 15) is 0 Å². The minimum atomic E-state index is 0.265. The van der Waals surface area contributed by atoms with Gasteiger partial charge in [-0.1, -0.05) is 20.8 Å². The topological polar surface area (TPSA) is 0 Å². The molecule has 0 aliphatic carbocycles. The summed E-state index contributed by atoms with van der Waals surface area (Å²) < 4.78 is 0.265. The fraction of sp³-hybridized carbons (Fsp3) is 1.00. The largest absolute Gasteiger partial charge is 0.0640 e. The third-order valence-electron chi connectivity index (χ3n) is 2.10. The molecule has 1 atom stereocenters. The van der Waals surface area contributed by atoms with Crippen LogP contribution in [0, 0.1) is 5.92 Å². The molecule has 0 nitrogen and oxygen atoms in total. The summed E-state index contributed by atoms with van der Waals surface area (Å²) in [4.78, 5) is 0. The molecule has 2 heteroatoms. The zero-order valence-corrected chi connectivity index (χ0v) is 8.14. The van der Waals surface area contributed by atoms with Gasteiger partial charge in [-0.15, -0.1) is 0 Å². The van der Waals surface area contributed by atoms with Gasteiger partial charge < -0.3 is 0 Å². The molecular weight excluding hydrogens is 152 g/mol. The van der Waals surface area contributed by atoms with Gasteiger partial charge in [-0.25, -0.2) is 0 Å². The predicted molar refractivity (Wildman–Crippen MR) is 47.0 cm³/mol. The molecule has 0 aromatic heterocycles. The second-order valence-electron chi connectivity index (χ2n) is 2.90. The van der Waals surface area contributed by atoms with Crippen LogP contribution in [0.3, 0.4) is 0 Å². The van der Waals surface area contributed by atoms with Crippen LogP contribution in [0.1, 0.15) is 34.1 Å². The van der Waals surface area contributed by atoms with Gasteiger partial charge in [0.15, 0.2) is 0 Å². The Morgan fingerprint density at radius 2 is 2.00 bits per heavy atom. The molecule has 0 saturated carbocycles. The van der Waals surface area contributed by atoms with Crippen LogP contribution in [0.25, 0.3) is 0 Å². The summed E-state index contributed by atoms with van der Waals surface area (Å²) in [6, 6.07) is 0. The third-order valence-corrected chi connectivity index (χ3v) is 4.27. The molecule has 0 bridgehead atoms. The maximum atomic E-state index is 5.72. The van der Waals surface area contributed by atoms with Crippen LogP contribution in [0.5, 0.6) is 0 Å². The highest BCUT2D eigenvalue weighted by Crippen LogP contribution is 2.38. The van der Waals surface area contributed by atoms with Gasteiger partial charge in [0.2, 0.25) is 0 Å². The number of hydrogen-bond donors (Lipinski definition) is 0. The van der Waals surface area contributed by atoms with Crippen molar-refractivity contribution < 1.29 is 0 Å². The average molecular weight is 167 g/mol. The number of halogens is 1. The lowest BCUT2D eigenvalue weighted by atomic mass is 9.94. The molecule has 0 aliphatic rings. The molecule has 9 heavy (non-hydrogen) atoms. The third kappa shape index (κ3) is 2.38. The van der Waals surface area contributed by atoms with E-state index in [1.54, 1.807) is 0 Å². The first-order valence-electron chi connectivity index (χ1n) is 3.36. The van der Waals surface area contributed by atoms with Gasteiger partial charge in [0, 0.05) is 4.75 Å². The van der Waals surface area contributed by atoms with Crippen molar-refractivity contribution in [2.45, 2.75) is 38.9 Å². The summed E-state index contributed by atoms with van der Waals surface area (Å²) in [5.74, 6) is 0.657. The van der Waals surface area contributed by atoms with Crippen LogP contribution < -0.4 is 0 Å². The minimum absolute atomic E-state index is 0.265. The molecule has 0 saturated heterocycles. The maximum Gasteiger partial charge on any atom is 0.0303 e. The Labute approximate surface area is 66.9 Å². The first-order chi connectivity index (χ1) is 4.06. The monoisotopic (exact) mass is 166 g/mol. The second kappa shape index (κ2) is 3.72. The van der Waals surface area contributed by atoms with E-state index in [2.05, 4.69) is 27.7 Å². The van der Waals surface area contributed by atoms with Gasteiger partial charge in [-0.3, -0.25) is 0 Å². The highest BCUT2D eigenvalue weighted by atomic mass is 35.7. The average Bonchev–Trinajstić information content (AvgIpc) is 1.86. The van der Waals surface area contributed by atoms with Gasteiger partial charge in [-0.2, -0.15) is 0 Å². The quantitative estimate of drug-likeness (QED) is 0.616. The van der Waals surface area contributed by atoms with Gasteiger partial charge in [-0.05, 0) is 40.9 Å². The fourth-order valence-corrected chi connectivity index (χ4v) is 1.70. The van der Waals surface area contributed by atoms with E-state index in [1.165, 1.54) is 11.0 Å². The smallest absolute Gasteiger partial charge is 0.0303 e. The first-order valence-corrected chi connectivity index (χ1v) is 5.01. The molecule has 0 rings (SSSR count). The Bertz CT molecular complexity index is 77.0. The fourth-order valence-electron chi connectivity index (χ4n) is 0.552. The standard InChI is InChI=1S/C7H15ClS/c1-5-7(4,9-8)6(2)3/h6H,5H2,1-4H3.